The van der Waals surface area contributed by atoms with Crippen molar-refractivity contribution in [1.29, 1.82) is 0 Å². The van der Waals surface area contributed by atoms with Gasteiger partial charge in [0.05, 0.1) is 18.0 Å². The van der Waals surface area contributed by atoms with Crippen molar-refractivity contribution in [2.24, 2.45) is 0 Å². The van der Waals surface area contributed by atoms with E-state index in [0.717, 1.165) is 66.7 Å². The van der Waals surface area contributed by atoms with Gasteiger partial charge >= 0.3 is 0 Å². The first kappa shape index (κ1) is 24.0. The number of carbonyl (C=O) groups excluding carboxylic acids is 1. The molecule has 2 N–H and O–H groups in total. The van der Waals surface area contributed by atoms with E-state index in [2.05, 4.69) is 53.3 Å². The molecular formula is C28H36N4O2. The topological polar surface area (TPSA) is 70.2 Å². The third-order valence-electron chi connectivity index (χ3n) is 6.69. The maximum atomic E-state index is 11.5. The second kappa shape index (κ2) is 10.9. The number of benzene rings is 1. The number of hydrogen-bond acceptors (Lipinski definition) is 5. The van der Waals surface area contributed by atoms with Gasteiger partial charge in [-0.05, 0) is 74.9 Å². The smallest absolute Gasteiger partial charge is 0.191 e. The number of rotatable bonds is 10. The van der Waals surface area contributed by atoms with Gasteiger partial charge in [0.1, 0.15) is 11.6 Å². The summed E-state index contributed by atoms with van der Waals surface area (Å²) in [5, 5.41) is 3.58. The van der Waals surface area contributed by atoms with Gasteiger partial charge in [-0.3, -0.25) is 4.90 Å². The van der Waals surface area contributed by atoms with Crippen LogP contribution in [0.3, 0.4) is 0 Å². The SMILES string of the molecule is CCOc1ccc(-c2nc(Nc3cccc4c3CCN(C(CC)CCC(C)=O)C4)ccc2C)[nH]1. The van der Waals surface area contributed by atoms with Crippen molar-refractivity contribution in [3.8, 4) is 17.3 Å². The second-order valence-corrected chi connectivity index (χ2v) is 9.12. The molecule has 0 saturated heterocycles. The van der Waals surface area contributed by atoms with Crippen LogP contribution in [0.5, 0.6) is 5.88 Å². The van der Waals surface area contributed by atoms with Gasteiger partial charge < -0.3 is 19.8 Å². The molecule has 6 heteroatoms. The fourth-order valence-corrected chi connectivity index (χ4v) is 4.84. The van der Waals surface area contributed by atoms with Gasteiger partial charge in [-0.25, -0.2) is 4.98 Å². The summed E-state index contributed by atoms with van der Waals surface area (Å²) >= 11 is 0. The van der Waals surface area contributed by atoms with Crippen LogP contribution in [-0.4, -0.2) is 39.8 Å². The lowest BCUT2D eigenvalue weighted by Gasteiger charge is -2.36. The number of pyridine rings is 1. The van der Waals surface area contributed by atoms with E-state index in [4.69, 9.17) is 9.72 Å². The number of carbonyl (C=O) groups is 1. The summed E-state index contributed by atoms with van der Waals surface area (Å²) in [5.74, 6) is 1.87. The zero-order chi connectivity index (χ0) is 24.1. The zero-order valence-electron chi connectivity index (χ0n) is 20.8. The Hall–Kier alpha value is -3.12. The summed E-state index contributed by atoms with van der Waals surface area (Å²) in [6.07, 6.45) is 3.67. The number of H-pyrrole nitrogens is 1. The first-order chi connectivity index (χ1) is 16.5. The Labute approximate surface area is 202 Å². The molecule has 1 aromatic carbocycles. The number of fused-ring (bicyclic) bond motifs is 1. The summed E-state index contributed by atoms with van der Waals surface area (Å²) in [4.78, 5) is 22.3. The third-order valence-corrected chi connectivity index (χ3v) is 6.69. The molecule has 0 saturated carbocycles. The second-order valence-electron chi connectivity index (χ2n) is 9.12. The fourth-order valence-electron chi connectivity index (χ4n) is 4.84. The minimum atomic E-state index is 0.278. The Morgan fingerprint density at radius 3 is 2.82 bits per heavy atom. The summed E-state index contributed by atoms with van der Waals surface area (Å²) in [6, 6.07) is 15.0. The van der Waals surface area contributed by atoms with Crippen LogP contribution in [0.4, 0.5) is 11.5 Å². The molecule has 3 heterocycles. The highest BCUT2D eigenvalue weighted by Crippen LogP contribution is 2.31. The molecule has 180 valence electrons. The minimum Gasteiger partial charge on any atom is -0.479 e. The van der Waals surface area contributed by atoms with Gasteiger partial charge in [-0.2, -0.15) is 0 Å². The highest BCUT2D eigenvalue weighted by atomic mass is 16.5. The van der Waals surface area contributed by atoms with Crippen LogP contribution in [0.2, 0.25) is 0 Å². The van der Waals surface area contributed by atoms with Crippen LogP contribution in [-0.2, 0) is 17.8 Å². The normalized spacial score (nSPS) is 14.5. The molecular weight excluding hydrogens is 424 g/mol. The van der Waals surface area contributed by atoms with Crippen molar-refractivity contribution in [3.05, 3.63) is 59.2 Å². The first-order valence-corrected chi connectivity index (χ1v) is 12.4. The van der Waals surface area contributed by atoms with Gasteiger partial charge in [0.2, 0.25) is 0 Å². The number of aryl methyl sites for hydroxylation is 1. The summed E-state index contributed by atoms with van der Waals surface area (Å²) in [6.45, 7) is 10.5. The molecule has 0 fully saturated rings. The van der Waals surface area contributed by atoms with E-state index in [0.29, 0.717) is 19.1 Å². The van der Waals surface area contributed by atoms with E-state index < -0.39 is 0 Å². The predicted octanol–water partition coefficient (Wildman–Crippen LogP) is 6.03. The number of nitrogens with zero attached hydrogens (tertiary/aromatic N) is 2. The van der Waals surface area contributed by atoms with Crippen molar-refractivity contribution in [2.45, 2.75) is 66.0 Å². The van der Waals surface area contributed by atoms with E-state index >= 15 is 0 Å². The largest absolute Gasteiger partial charge is 0.479 e. The molecule has 1 atom stereocenters. The van der Waals surface area contributed by atoms with E-state index in [9.17, 15) is 4.79 Å². The maximum Gasteiger partial charge on any atom is 0.191 e. The van der Waals surface area contributed by atoms with Crippen molar-refractivity contribution >= 4 is 17.3 Å². The average Bonchev–Trinajstić information content (AvgIpc) is 3.29. The number of nitrogens with one attached hydrogen (secondary N) is 2. The van der Waals surface area contributed by atoms with Gasteiger partial charge in [0.25, 0.3) is 0 Å². The number of Topliss-reactive ketones (excluding diaryl/α,β-unsaturated/α-hetero) is 1. The van der Waals surface area contributed by atoms with E-state index in [-0.39, 0.29) is 5.78 Å². The average molecular weight is 461 g/mol. The van der Waals surface area contributed by atoms with Crippen molar-refractivity contribution in [1.82, 2.24) is 14.9 Å². The Morgan fingerprint density at radius 1 is 1.21 bits per heavy atom. The molecule has 1 aliphatic heterocycles. The van der Waals surface area contributed by atoms with Crippen LogP contribution in [0, 0.1) is 6.92 Å². The summed E-state index contributed by atoms with van der Waals surface area (Å²) in [5.41, 5.74) is 6.82. The lowest BCUT2D eigenvalue weighted by molar-refractivity contribution is -0.117. The lowest BCUT2D eigenvalue weighted by atomic mass is 9.94. The Morgan fingerprint density at radius 2 is 2.06 bits per heavy atom. The Balaban J connectivity index is 1.52. The molecule has 4 rings (SSSR count). The summed E-state index contributed by atoms with van der Waals surface area (Å²) < 4.78 is 5.58. The molecule has 0 radical (unpaired) electrons. The van der Waals surface area contributed by atoms with Crippen LogP contribution in [0.15, 0.2) is 42.5 Å². The van der Waals surface area contributed by atoms with Crippen molar-refractivity contribution < 1.29 is 9.53 Å². The number of aromatic nitrogens is 2. The van der Waals surface area contributed by atoms with E-state index in [1.807, 2.05) is 25.1 Å². The molecule has 0 spiro atoms. The van der Waals surface area contributed by atoms with Gasteiger partial charge in [-0.1, -0.05) is 25.1 Å². The predicted molar refractivity (Wildman–Crippen MR) is 138 cm³/mol. The van der Waals surface area contributed by atoms with Crippen LogP contribution < -0.4 is 10.1 Å². The van der Waals surface area contributed by atoms with Crippen molar-refractivity contribution in [2.75, 3.05) is 18.5 Å². The van der Waals surface area contributed by atoms with Crippen LogP contribution >= 0.6 is 0 Å². The third kappa shape index (κ3) is 5.50. The molecule has 3 aromatic rings. The molecule has 1 unspecified atom stereocenters. The molecule has 2 aromatic heterocycles. The number of ether oxygens (including phenoxy) is 1. The van der Waals surface area contributed by atoms with Gasteiger partial charge in [0.15, 0.2) is 5.88 Å². The number of ketones is 1. The monoisotopic (exact) mass is 460 g/mol. The van der Waals surface area contributed by atoms with Gasteiger partial charge in [-0.15, -0.1) is 0 Å². The maximum absolute atomic E-state index is 11.5. The van der Waals surface area contributed by atoms with Gasteiger partial charge in [0, 0.05) is 37.3 Å². The zero-order valence-corrected chi connectivity index (χ0v) is 20.8. The van der Waals surface area contributed by atoms with Crippen LogP contribution in [0.1, 0.15) is 56.7 Å². The number of hydrogen-bond donors (Lipinski definition) is 2. The van der Waals surface area contributed by atoms with E-state index in [1.165, 1.54) is 11.1 Å². The summed E-state index contributed by atoms with van der Waals surface area (Å²) in [7, 11) is 0. The molecule has 0 aliphatic carbocycles. The fraction of sp³-hybridized carbons (Fsp3) is 0.429. The molecule has 34 heavy (non-hydrogen) atoms. The molecule has 0 amide bonds. The quantitative estimate of drug-likeness (QED) is 0.386. The van der Waals surface area contributed by atoms with Crippen LogP contribution in [0.25, 0.3) is 11.4 Å². The first-order valence-electron chi connectivity index (χ1n) is 12.4. The van der Waals surface area contributed by atoms with Crippen molar-refractivity contribution in [3.63, 3.8) is 0 Å². The molecule has 6 nitrogen and oxygen atoms in total. The highest BCUT2D eigenvalue weighted by molar-refractivity contribution is 5.75. The highest BCUT2D eigenvalue weighted by Gasteiger charge is 2.24. The standard InChI is InChI=1S/C28H36N4O2/c1-5-22(12-11-20(4)33)32-17-16-23-21(18-32)8-7-9-24(23)29-26-14-10-19(3)28(31-26)25-13-15-27(30-25)34-6-2/h7-10,13-15,22,30H,5-6,11-12,16-18H2,1-4H3,(H,29,31). The number of anilines is 2. The Kier molecular flexibility index (Phi) is 7.68. The molecule has 1 aliphatic rings. The number of aromatic amines is 1. The lowest BCUT2D eigenvalue weighted by Crippen LogP contribution is -2.39. The minimum absolute atomic E-state index is 0.278. The molecule has 0 bridgehead atoms. The Bertz CT molecular complexity index is 1140. The van der Waals surface area contributed by atoms with E-state index in [1.54, 1.807) is 6.92 Å².